The number of carbonyl (C=O) groups is 3. The van der Waals surface area contributed by atoms with Crippen molar-refractivity contribution in [1.29, 1.82) is 0 Å². The minimum atomic E-state index is -1.12. The Morgan fingerprint density at radius 2 is 1.03 bits per heavy atom. The van der Waals surface area contributed by atoms with E-state index >= 15 is 0 Å². The maximum atomic E-state index is 12.9. The van der Waals surface area contributed by atoms with Gasteiger partial charge in [0.15, 0.2) is 16.9 Å². The van der Waals surface area contributed by atoms with E-state index in [0.29, 0.717) is 120 Å². The SMILES string of the molecule is COc1ncccc1-c1[nH]nc2ncc(-c3cccc(C(=O)N4CCOCC4)c3)cc12.C[Si](C)(C)CCOCn1nc(I)c2cc(-c3cccc(C(=O)N4CCOCC4)c3)cnc21.O=C(c1cccc(-c2cnc3n[nH]c(I)c3c2)c1)N1CCOCC1. The normalized spacial score (nSPS) is 14.6. The summed E-state index contributed by atoms with van der Waals surface area (Å²) in [5.74, 6) is 0.619. The highest BCUT2D eigenvalue weighted by molar-refractivity contribution is 14.1. The molecule has 87 heavy (non-hydrogen) atoms. The molecule has 0 atom stereocenters. The van der Waals surface area contributed by atoms with Gasteiger partial charge >= 0.3 is 0 Å². The first kappa shape index (κ1) is 61.1. The Bertz CT molecular complexity index is 4080. The Kier molecular flexibility index (Phi) is 19.7. The van der Waals surface area contributed by atoms with Crippen LogP contribution in [0.15, 0.2) is 128 Å². The van der Waals surface area contributed by atoms with Crippen molar-refractivity contribution in [3.8, 4) is 50.5 Å². The maximum Gasteiger partial charge on any atom is 0.254 e. The van der Waals surface area contributed by atoms with Crippen LogP contribution >= 0.6 is 45.2 Å². The highest BCUT2D eigenvalue weighted by atomic mass is 127. The number of aromatic amines is 2. The third kappa shape index (κ3) is 14.7. The number of fused-ring (bicyclic) bond motifs is 3. The van der Waals surface area contributed by atoms with Gasteiger partial charge in [0.25, 0.3) is 17.7 Å². The van der Waals surface area contributed by atoms with E-state index in [0.717, 1.165) is 86.5 Å². The number of nitrogens with one attached hydrogen (secondary N) is 2. The summed E-state index contributed by atoms with van der Waals surface area (Å²) in [5.41, 5.74) is 11.4. The number of carbonyl (C=O) groups excluding carboxylic acids is 3. The number of nitrogens with zero attached hydrogens (tertiary/aromatic N) is 11. The quantitative estimate of drug-likeness (QED) is 0.0621. The first-order chi connectivity index (χ1) is 42.3. The maximum absolute atomic E-state index is 12.9. The van der Waals surface area contributed by atoms with Crippen molar-refractivity contribution in [3.05, 3.63) is 152 Å². The number of ether oxygens (including phenoxy) is 5. The van der Waals surface area contributed by atoms with Crippen LogP contribution in [0.1, 0.15) is 31.1 Å². The molecule has 0 spiro atoms. The Hall–Kier alpha value is -7.60. The molecule has 3 amide bonds. The van der Waals surface area contributed by atoms with Gasteiger partial charge in [-0.25, -0.2) is 24.6 Å². The predicted octanol–water partition coefficient (Wildman–Crippen LogP) is 10.4. The number of hydrogen-bond acceptors (Lipinski definition) is 15. The minimum Gasteiger partial charge on any atom is -0.481 e. The zero-order valence-electron chi connectivity index (χ0n) is 48.7. The van der Waals surface area contributed by atoms with Crippen LogP contribution in [0, 0.1) is 7.40 Å². The van der Waals surface area contributed by atoms with E-state index in [1.54, 1.807) is 25.7 Å². The van der Waals surface area contributed by atoms with Crippen molar-refractivity contribution in [3.63, 3.8) is 0 Å². The molecule has 13 rings (SSSR count). The van der Waals surface area contributed by atoms with Gasteiger partial charge in [0.1, 0.15) is 14.1 Å². The first-order valence-electron chi connectivity index (χ1n) is 28.6. The number of methoxy groups -OCH3 is 1. The smallest absolute Gasteiger partial charge is 0.254 e. The number of rotatable bonds is 13. The Balaban J connectivity index is 0.000000137. The lowest BCUT2D eigenvalue weighted by Crippen LogP contribution is -2.40. The van der Waals surface area contributed by atoms with Gasteiger partial charge in [0.05, 0.1) is 68.8 Å². The lowest BCUT2D eigenvalue weighted by molar-refractivity contribution is 0.0301. The standard InChI is InChI=1S/C23H29IN4O3Si.C23H21N5O3.C17H15IN4O2/c1-32(2,3)12-11-31-16-28-22-20(21(24)26-28)14-19(15-25-22)17-5-4-6-18(13-17)23(29)27-7-9-30-10-8-27;1-30-22-18(6-3-7-24-22)20-19-13-17(14-25-21(19)27-26-20)15-4-2-5-16(12-15)23(29)28-8-10-31-11-9-28;18-15-14-9-13(10-19-16(14)21-20-15)11-2-1-3-12(8-11)17(23)22-4-6-24-7-5-22/h4-6,13-15H,7-12,16H2,1-3H3;2-7,12-14H,8-11H2,1H3,(H,25,26,27);1-3,8-10H,4-7H2,(H,19,20,21). The number of aromatic nitrogens is 10. The van der Waals surface area contributed by atoms with Crippen molar-refractivity contribution in [1.82, 2.24) is 64.8 Å². The second kappa shape index (κ2) is 28.0. The fourth-order valence-corrected chi connectivity index (χ4v) is 12.1. The summed E-state index contributed by atoms with van der Waals surface area (Å²) in [6.45, 7) is 15.5. The molecule has 10 heterocycles. The zero-order valence-corrected chi connectivity index (χ0v) is 54.0. The first-order valence-corrected chi connectivity index (χ1v) is 34.5. The van der Waals surface area contributed by atoms with Crippen molar-refractivity contribution in [2.24, 2.45) is 0 Å². The molecule has 3 aliphatic rings. The van der Waals surface area contributed by atoms with E-state index in [9.17, 15) is 14.4 Å². The average Bonchev–Trinajstić information content (AvgIpc) is 2.68. The van der Waals surface area contributed by atoms with E-state index < -0.39 is 8.07 Å². The molecule has 0 aliphatic carbocycles. The Morgan fingerprint density at radius 1 is 0.563 bits per heavy atom. The van der Waals surface area contributed by atoms with Gasteiger partial charge in [-0.15, -0.1) is 0 Å². The summed E-state index contributed by atoms with van der Waals surface area (Å²) in [7, 11) is 0.470. The molecule has 3 aliphatic heterocycles. The van der Waals surface area contributed by atoms with Crippen molar-refractivity contribution < 1.29 is 38.1 Å². The number of halogens is 2. The molecule has 0 bridgehead atoms. The van der Waals surface area contributed by atoms with Crippen molar-refractivity contribution >= 4 is 104 Å². The molecule has 0 radical (unpaired) electrons. The second-order valence-corrected chi connectivity index (χ2v) is 29.8. The summed E-state index contributed by atoms with van der Waals surface area (Å²) in [6.07, 6.45) is 7.09. The Labute approximate surface area is 530 Å². The van der Waals surface area contributed by atoms with E-state index in [2.05, 4.69) is 116 Å². The van der Waals surface area contributed by atoms with E-state index in [1.165, 1.54) is 0 Å². The minimum absolute atomic E-state index is 0.0169. The van der Waals surface area contributed by atoms with Crippen LogP contribution in [0.2, 0.25) is 25.7 Å². The van der Waals surface area contributed by atoms with E-state index in [-0.39, 0.29) is 17.7 Å². The molecular formula is C63H65I2N13O8Si. The fraction of sp³-hybridized carbons (Fsp3) is 0.302. The van der Waals surface area contributed by atoms with Crippen LogP contribution in [-0.2, 0) is 25.7 Å². The molecule has 21 nitrogen and oxygen atoms in total. The monoisotopic (exact) mass is 1410 g/mol. The number of benzene rings is 3. The van der Waals surface area contributed by atoms with Gasteiger partial charge < -0.3 is 38.4 Å². The molecule has 448 valence electrons. The van der Waals surface area contributed by atoms with Crippen molar-refractivity contribution in [2.75, 3.05) is 92.6 Å². The van der Waals surface area contributed by atoms with Gasteiger partial charge in [-0.3, -0.25) is 24.6 Å². The summed E-state index contributed by atoms with van der Waals surface area (Å²) in [6, 6.07) is 34.1. The van der Waals surface area contributed by atoms with Gasteiger partial charge in [-0.2, -0.15) is 15.3 Å². The van der Waals surface area contributed by atoms with E-state index in [1.807, 2.05) is 123 Å². The van der Waals surface area contributed by atoms with Gasteiger partial charge in [0, 0.05) is 118 Å². The van der Waals surface area contributed by atoms with Crippen LogP contribution in [0.25, 0.3) is 77.7 Å². The summed E-state index contributed by atoms with van der Waals surface area (Å²) in [4.78, 5) is 61.8. The van der Waals surface area contributed by atoms with Gasteiger partial charge in [0.2, 0.25) is 5.88 Å². The third-order valence-electron chi connectivity index (χ3n) is 15.0. The summed E-state index contributed by atoms with van der Waals surface area (Å²) >= 11 is 4.45. The fourth-order valence-electron chi connectivity index (χ4n) is 10.2. The molecule has 3 aromatic carbocycles. The molecule has 10 aromatic rings. The lowest BCUT2D eigenvalue weighted by Gasteiger charge is -2.27. The number of hydrogen-bond donors (Lipinski definition) is 2. The van der Waals surface area contributed by atoms with Crippen LogP contribution in [0.4, 0.5) is 0 Å². The van der Waals surface area contributed by atoms with Crippen LogP contribution in [0.3, 0.4) is 0 Å². The highest BCUT2D eigenvalue weighted by Gasteiger charge is 2.23. The van der Waals surface area contributed by atoms with Crippen LogP contribution < -0.4 is 4.74 Å². The molecular weight excluding hydrogens is 1350 g/mol. The molecule has 0 saturated carbocycles. The second-order valence-electron chi connectivity index (χ2n) is 22.1. The van der Waals surface area contributed by atoms with Crippen molar-refractivity contribution in [2.45, 2.75) is 32.4 Å². The van der Waals surface area contributed by atoms with Gasteiger partial charge in [-0.1, -0.05) is 56.0 Å². The summed E-state index contributed by atoms with van der Waals surface area (Å²) < 4.78 is 31.0. The average molecular weight is 1410 g/mol. The lowest BCUT2D eigenvalue weighted by atomic mass is 10.0. The zero-order chi connectivity index (χ0) is 60.4. The molecule has 2 N–H and O–H groups in total. The third-order valence-corrected chi connectivity index (χ3v) is 18.3. The molecule has 0 unspecified atom stereocenters. The van der Waals surface area contributed by atoms with Gasteiger partial charge in [-0.05, 0) is 135 Å². The summed E-state index contributed by atoms with van der Waals surface area (Å²) in [5, 5.41) is 21.9. The molecule has 7 aromatic heterocycles. The number of morpholine rings is 3. The van der Waals surface area contributed by atoms with Crippen LogP contribution in [-0.4, -0.2) is 183 Å². The number of H-pyrrole nitrogens is 2. The predicted molar refractivity (Wildman–Crippen MR) is 351 cm³/mol. The molecule has 3 saturated heterocycles. The molecule has 24 heteroatoms. The highest BCUT2D eigenvalue weighted by Crippen LogP contribution is 2.34. The topological polar surface area (TPSA) is 234 Å². The number of amides is 3. The largest absolute Gasteiger partial charge is 0.481 e. The molecule has 3 fully saturated rings. The number of pyridine rings is 4. The Morgan fingerprint density at radius 3 is 1.54 bits per heavy atom. The van der Waals surface area contributed by atoms with E-state index in [4.69, 9.17) is 23.7 Å². The van der Waals surface area contributed by atoms with Crippen LogP contribution in [0.5, 0.6) is 5.88 Å².